The van der Waals surface area contributed by atoms with Crippen molar-refractivity contribution in [2.24, 2.45) is 5.41 Å². The second kappa shape index (κ2) is 5.37. The molecule has 2 aliphatic carbocycles. The maximum absolute atomic E-state index is 13.3. The lowest BCUT2D eigenvalue weighted by Crippen LogP contribution is -2.46. The van der Waals surface area contributed by atoms with Crippen LogP contribution in [-0.4, -0.2) is 15.9 Å². The van der Waals surface area contributed by atoms with Crippen molar-refractivity contribution in [3.63, 3.8) is 0 Å². The molecule has 0 spiro atoms. The van der Waals surface area contributed by atoms with E-state index < -0.39 is 10.8 Å². The number of esters is 1. The third-order valence-electron chi connectivity index (χ3n) is 5.95. The van der Waals surface area contributed by atoms with E-state index in [2.05, 4.69) is 9.97 Å². The molecule has 0 amide bonds. The van der Waals surface area contributed by atoms with Crippen molar-refractivity contribution in [2.45, 2.75) is 38.0 Å². The maximum Gasteiger partial charge on any atom is 0.324 e. The van der Waals surface area contributed by atoms with Gasteiger partial charge in [-0.3, -0.25) is 4.79 Å². The standard InChI is InChI=1S/C20H16N4O2/c1-19(2)13-8-9-20(19,18(25)26-12-6-4-3-5-7-12)17-16(13)23-14(10-21)15(11-22)24-17/h3-7,13H,8-9H2,1-2H3. The molecule has 6 nitrogen and oxygen atoms in total. The first-order valence-corrected chi connectivity index (χ1v) is 8.45. The zero-order valence-corrected chi connectivity index (χ0v) is 14.5. The van der Waals surface area contributed by atoms with Gasteiger partial charge in [0.05, 0.1) is 11.4 Å². The number of nitriles is 2. The summed E-state index contributed by atoms with van der Waals surface area (Å²) >= 11 is 0. The zero-order valence-electron chi connectivity index (χ0n) is 14.5. The van der Waals surface area contributed by atoms with Gasteiger partial charge in [-0.05, 0) is 30.4 Å². The van der Waals surface area contributed by atoms with Crippen LogP contribution in [0.25, 0.3) is 0 Å². The van der Waals surface area contributed by atoms with Gasteiger partial charge in [-0.25, -0.2) is 9.97 Å². The van der Waals surface area contributed by atoms with Gasteiger partial charge in [-0.1, -0.05) is 32.0 Å². The summed E-state index contributed by atoms with van der Waals surface area (Å²) in [5.41, 5.74) is -0.294. The quantitative estimate of drug-likeness (QED) is 0.613. The molecule has 0 radical (unpaired) electrons. The van der Waals surface area contributed by atoms with Crippen LogP contribution >= 0.6 is 0 Å². The van der Waals surface area contributed by atoms with E-state index in [1.807, 2.05) is 32.1 Å². The largest absolute Gasteiger partial charge is 0.426 e. The minimum atomic E-state index is -0.963. The Bertz CT molecular complexity index is 1000. The summed E-state index contributed by atoms with van der Waals surface area (Å²) in [5, 5.41) is 18.6. The summed E-state index contributed by atoms with van der Waals surface area (Å²) in [4.78, 5) is 22.1. The third kappa shape index (κ3) is 1.87. The maximum atomic E-state index is 13.3. The van der Waals surface area contributed by atoms with Crippen molar-refractivity contribution in [3.8, 4) is 17.9 Å². The van der Waals surface area contributed by atoms with Gasteiger partial charge in [0.25, 0.3) is 0 Å². The van der Waals surface area contributed by atoms with Gasteiger partial charge in [-0.15, -0.1) is 0 Å². The molecule has 2 bridgehead atoms. The van der Waals surface area contributed by atoms with Crippen molar-refractivity contribution >= 4 is 5.97 Å². The molecule has 1 aromatic carbocycles. The van der Waals surface area contributed by atoms with Gasteiger partial charge in [0.1, 0.15) is 23.3 Å². The van der Waals surface area contributed by atoms with E-state index in [0.29, 0.717) is 23.6 Å². The molecule has 0 N–H and O–H groups in total. The monoisotopic (exact) mass is 344 g/mol. The first kappa shape index (κ1) is 16.2. The SMILES string of the molecule is CC1(C)C2CCC1(C(=O)Oc1ccccc1)c1nc(C#N)c(C#N)nc12. The van der Waals surface area contributed by atoms with Crippen molar-refractivity contribution in [2.75, 3.05) is 0 Å². The van der Waals surface area contributed by atoms with Gasteiger partial charge in [0, 0.05) is 5.92 Å². The Morgan fingerprint density at radius 2 is 1.81 bits per heavy atom. The predicted molar refractivity (Wildman–Crippen MR) is 91.0 cm³/mol. The van der Waals surface area contributed by atoms with E-state index in [0.717, 1.165) is 6.42 Å². The zero-order chi connectivity index (χ0) is 18.5. The molecule has 1 heterocycles. The molecule has 6 heteroatoms. The molecular weight excluding hydrogens is 328 g/mol. The number of para-hydroxylation sites is 1. The molecule has 1 aromatic heterocycles. The lowest BCUT2D eigenvalue weighted by Gasteiger charge is -2.35. The highest BCUT2D eigenvalue weighted by molar-refractivity contribution is 5.88. The fourth-order valence-electron chi connectivity index (χ4n) is 4.55. The van der Waals surface area contributed by atoms with Crippen LogP contribution in [0.1, 0.15) is 55.4 Å². The average molecular weight is 344 g/mol. The molecular formula is C20H16N4O2. The number of nitrogens with zero attached hydrogens (tertiary/aromatic N) is 4. The van der Waals surface area contributed by atoms with Crippen LogP contribution in [0.3, 0.4) is 0 Å². The Morgan fingerprint density at radius 1 is 1.15 bits per heavy atom. The Hall–Kier alpha value is -3.25. The molecule has 2 aliphatic rings. The van der Waals surface area contributed by atoms with E-state index in [-0.39, 0.29) is 23.3 Å². The summed E-state index contributed by atoms with van der Waals surface area (Å²) in [5.74, 6) is 0.104. The number of carbonyl (C=O) groups is 1. The molecule has 0 saturated heterocycles. The van der Waals surface area contributed by atoms with Gasteiger partial charge >= 0.3 is 5.97 Å². The lowest BCUT2D eigenvalue weighted by atomic mass is 9.68. The van der Waals surface area contributed by atoms with E-state index in [1.54, 1.807) is 24.3 Å². The van der Waals surface area contributed by atoms with Crippen LogP contribution in [0.5, 0.6) is 5.75 Å². The normalized spacial score (nSPS) is 24.4. The predicted octanol–water partition coefficient (Wildman–Crippen LogP) is 2.98. The number of benzene rings is 1. The van der Waals surface area contributed by atoms with Crippen LogP contribution in [-0.2, 0) is 10.2 Å². The molecule has 1 saturated carbocycles. The lowest BCUT2D eigenvalue weighted by molar-refractivity contribution is -0.144. The fourth-order valence-corrected chi connectivity index (χ4v) is 4.55. The Labute approximate surface area is 151 Å². The molecule has 2 atom stereocenters. The molecule has 1 fully saturated rings. The molecule has 2 unspecified atom stereocenters. The number of hydrogen-bond donors (Lipinski definition) is 0. The van der Waals surface area contributed by atoms with E-state index in [9.17, 15) is 15.3 Å². The van der Waals surface area contributed by atoms with Crippen molar-refractivity contribution < 1.29 is 9.53 Å². The van der Waals surface area contributed by atoms with Crippen LogP contribution < -0.4 is 4.74 Å². The van der Waals surface area contributed by atoms with Crippen LogP contribution in [0.2, 0.25) is 0 Å². The summed E-state index contributed by atoms with van der Waals surface area (Å²) in [6.45, 7) is 4.02. The minimum Gasteiger partial charge on any atom is -0.426 e. The molecule has 128 valence electrons. The molecule has 26 heavy (non-hydrogen) atoms. The van der Waals surface area contributed by atoms with Crippen molar-refractivity contribution in [1.82, 2.24) is 9.97 Å². The van der Waals surface area contributed by atoms with Gasteiger partial charge in [0.2, 0.25) is 0 Å². The Balaban J connectivity index is 1.88. The van der Waals surface area contributed by atoms with E-state index in [4.69, 9.17) is 4.74 Å². The number of fused-ring (bicyclic) bond motifs is 5. The first-order valence-electron chi connectivity index (χ1n) is 8.45. The summed E-state index contributed by atoms with van der Waals surface area (Å²) in [7, 11) is 0. The van der Waals surface area contributed by atoms with Gasteiger partial charge < -0.3 is 4.74 Å². The topological polar surface area (TPSA) is 99.7 Å². The number of hydrogen-bond acceptors (Lipinski definition) is 6. The summed E-state index contributed by atoms with van der Waals surface area (Å²) in [6, 6.07) is 12.8. The molecule has 2 aromatic rings. The second-order valence-electron chi connectivity index (χ2n) is 7.30. The summed E-state index contributed by atoms with van der Waals surface area (Å²) in [6.07, 6.45) is 1.37. The summed E-state index contributed by atoms with van der Waals surface area (Å²) < 4.78 is 5.69. The number of ether oxygens (including phenoxy) is 1. The Morgan fingerprint density at radius 3 is 2.46 bits per heavy atom. The van der Waals surface area contributed by atoms with E-state index >= 15 is 0 Å². The molecule has 0 aliphatic heterocycles. The third-order valence-corrected chi connectivity index (χ3v) is 5.95. The molecule has 4 rings (SSSR count). The fraction of sp³-hybridized carbons (Fsp3) is 0.350. The van der Waals surface area contributed by atoms with Gasteiger partial charge in [0.15, 0.2) is 11.4 Å². The Kier molecular flexibility index (Phi) is 3.35. The van der Waals surface area contributed by atoms with E-state index in [1.165, 1.54) is 0 Å². The highest BCUT2D eigenvalue weighted by atomic mass is 16.5. The first-order chi connectivity index (χ1) is 12.5. The number of aromatic nitrogens is 2. The van der Waals surface area contributed by atoms with Gasteiger partial charge in [-0.2, -0.15) is 10.5 Å². The minimum absolute atomic E-state index is 0.00756. The van der Waals surface area contributed by atoms with Crippen LogP contribution in [0.4, 0.5) is 0 Å². The van der Waals surface area contributed by atoms with Crippen LogP contribution in [0.15, 0.2) is 30.3 Å². The number of carbonyl (C=O) groups excluding carboxylic acids is 1. The van der Waals surface area contributed by atoms with Crippen molar-refractivity contribution in [1.29, 1.82) is 10.5 Å². The number of rotatable bonds is 2. The van der Waals surface area contributed by atoms with Crippen LogP contribution in [0, 0.1) is 28.1 Å². The highest BCUT2D eigenvalue weighted by Crippen LogP contribution is 2.67. The average Bonchev–Trinajstić information content (AvgIpc) is 3.03. The highest BCUT2D eigenvalue weighted by Gasteiger charge is 2.69. The van der Waals surface area contributed by atoms with Crippen molar-refractivity contribution in [3.05, 3.63) is 53.1 Å². The second-order valence-corrected chi connectivity index (χ2v) is 7.30. The smallest absolute Gasteiger partial charge is 0.324 e.